The first-order valence-electron chi connectivity index (χ1n) is 11.5. The van der Waals surface area contributed by atoms with Crippen molar-refractivity contribution in [1.82, 2.24) is 9.88 Å². The zero-order valence-electron chi connectivity index (χ0n) is 19.8. The first-order chi connectivity index (χ1) is 17.0. The molecule has 0 aliphatic heterocycles. The predicted octanol–water partition coefficient (Wildman–Crippen LogP) is 4.44. The Morgan fingerprint density at radius 3 is 2.60 bits per heavy atom. The summed E-state index contributed by atoms with van der Waals surface area (Å²) in [7, 11) is 3.09. The molecule has 7 heteroatoms. The minimum absolute atomic E-state index is 0.164. The fraction of sp³-hybridized carbons (Fsp3) is 0.250. The molecule has 4 aromatic rings. The Hall–Kier alpha value is -3.68. The molecule has 4 rings (SSSR count). The lowest BCUT2D eigenvalue weighted by Gasteiger charge is -2.16. The van der Waals surface area contributed by atoms with Crippen LogP contribution in [-0.2, 0) is 17.7 Å². The van der Waals surface area contributed by atoms with Crippen LogP contribution >= 0.6 is 0 Å². The molecule has 6 nitrogen and oxygen atoms in total. The van der Waals surface area contributed by atoms with Crippen molar-refractivity contribution in [1.29, 1.82) is 0 Å². The maximum absolute atomic E-state index is 14.2. The topological polar surface area (TPSA) is 72.7 Å². The molecule has 3 aromatic carbocycles. The van der Waals surface area contributed by atoms with Gasteiger partial charge in [-0.05, 0) is 53.4 Å². The molecule has 182 valence electrons. The predicted molar refractivity (Wildman–Crippen MR) is 134 cm³/mol. The quantitative estimate of drug-likeness (QED) is 0.355. The standard InChI is InChI=1S/C28H29FN2O4/c1-34-13-12-31-17-22(24-8-3-4-9-26(24)31)15-23(18-32)30-28(33)21-7-5-6-19(14-21)20-10-11-27(35-2)25(29)16-20/h3-11,14,16-17,23,32H,12-13,15,18H2,1-2H3,(H,30,33). The molecule has 0 aliphatic carbocycles. The number of methoxy groups -OCH3 is 2. The molecule has 0 radical (unpaired) electrons. The number of aromatic nitrogens is 1. The Bertz CT molecular complexity index is 1320. The van der Waals surface area contributed by atoms with Crippen LogP contribution in [-0.4, -0.2) is 49.1 Å². The van der Waals surface area contributed by atoms with Crippen LogP contribution in [0.25, 0.3) is 22.0 Å². The Labute approximate surface area is 203 Å². The van der Waals surface area contributed by atoms with Crippen LogP contribution in [0, 0.1) is 5.82 Å². The van der Waals surface area contributed by atoms with Gasteiger partial charge in [0.05, 0.1) is 26.4 Å². The summed E-state index contributed by atoms with van der Waals surface area (Å²) in [5.41, 5.74) is 3.90. The summed E-state index contributed by atoms with van der Waals surface area (Å²) in [6.07, 6.45) is 2.53. The van der Waals surface area contributed by atoms with Gasteiger partial charge >= 0.3 is 0 Å². The summed E-state index contributed by atoms with van der Waals surface area (Å²) in [5.74, 6) is -0.607. The van der Waals surface area contributed by atoms with Gasteiger partial charge in [-0.2, -0.15) is 0 Å². The monoisotopic (exact) mass is 476 g/mol. The normalized spacial score (nSPS) is 12.0. The van der Waals surface area contributed by atoms with Gasteiger partial charge in [0, 0.05) is 36.3 Å². The molecule has 1 heterocycles. The number of hydrogen-bond acceptors (Lipinski definition) is 4. The van der Waals surface area contributed by atoms with Crippen molar-refractivity contribution in [2.75, 3.05) is 27.4 Å². The summed E-state index contributed by atoms with van der Waals surface area (Å²) in [6, 6.07) is 19.3. The Balaban J connectivity index is 1.52. The lowest BCUT2D eigenvalue weighted by atomic mass is 10.0. The minimum atomic E-state index is -0.468. The first-order valence-corrected chi connectivity index (χ1v) is 11.5. The summed E-state index contributed by atoms with van der Waals surface area (Å²) in [6.45, 7) is 1.10. The van der Waals surface area contributed by atoms with E-state index in [1.165, 1.54) is 13.2 Å². The molecule has 1 aromatic heterocycles. The van der Waals surface area contributed by atoms with Crippen LogP contribution in [0.5, 0.6) is 5.75 Å². The number of carbonyl (C=O) groups excluding carboxylic acids is 1. The van der Waals surface area contributed by atoms with Gasteiger partial charge in [-0.15, -0.1) is 0 Å². The van der Waals surface area contributed by atoms with Crippen molar-refractivity contribution in [2.24, 2.45) is 0 Å². The number of nitrogens with one attached hydrogen (secondary N) is 1. The number of rotatable bonds is 10. The number of aliphatic hydroxyl groups excluding tert-OH is 1. The van der Waals surface area contributed by atoms with Crippen molar-refractivity contribution in [3.05, 3.63) is 89.9 Å². The van der Waals surface area contributed by atoms with Crippen LogP contribution in [0.4, 0.5) is 4.39 Å². The number of halogens is 1. The van der Waals surface area contributed by atoms with Crippen LogP contribution < -0.4 is 10.1 Å². The molecule has 35 heavy (non-hydrogen) atoms. The summed E-state index contributed by atoms with van der Waals surface area (Å²) in [5, 5.41) is 14.0. The van der Waals surface area contributed by atoms with Gasteiger partial charge < -0.3 is 24.5 Å². The fourth-order valence-corrected chi connectivity index (χ4v) is 4.24. The maximum atomic E-state index is 14.2. The SMILES string of the molecule is COCCn1cc(CC(CO)NC(=O)c2cccc(-c3ccc(OC)c(F)c3)c2)c2ccccc21. The number of nitrogens with zero attached hydrogens (tertiary/aromatic N) is 1. The van der Waals surface area contributed by atoms with Gasteiger partial charge in [0.15, 0.2) is 11.6 Å². The van der Waals surface area contributed by atoms with E-state index in [-0.39, 0.29) is 18.3 Å². The fourth-order valence-electron chi connectivity index (χ4n) is 4.24. The van der Waals surface area contributed by atoms with E-state index in [9.17, 15) is 14.3 Å². The molecule has 2 N–H and O–H groups in total. The summed E-state index contributed by atoms with van der Waals surface area (Å²) < 4.78 is 26.5. The Morgan fingerprint density at radius 2 is 1.86 bits per heavy atom. The van der Waals surface area contributed by atoms with Gasteiger partial charge in [0.1, 0.15) is 0 Å². The highest BCUT2D eigenvalue weighted by Gasteiger charge is 2.17. The van der Waals surface area contributed by atoms with E-state index in [4.69, 9.17) is 9.47 Å². The van der Waals surface area contributed by atoms with Crippen molar-refractivity contribution < 1.29 is 23.8 Å². The van der Waals surface area contributed by atoms with Gasteiger partial charge in [0.25, 0.3) is 5.91 Å². The first kappa shape index (κ1) is 24.4. The number of carbonyl (C=O) groups is 1. The molecule has 0 bridgehead atoms. The van der Waals surface area contributed by atoms with E-state index in [1.807, 2.05) is 24.3 Å². The average molecular weight is 477 g/mol. The molecule has 1 amide bonds. The third kappa shape index (κ3) is 5.53. The number of hydrogen-bond donors (Lipinski definition) is 2. The molecule has 1 unspecified atom stereocenters. The minimum Gasteiger partial charge on any atom is -0.494 e. The zero-order chi connectivity index (χ0) is 24.8. The number of benzene rings is 3. The zero-order valence-corrected chi connectivity index (χ0v) is 19.8. The third-order valence-corrected chi connectivity index (χ3v) is 6.04. The van der Waals surface area contributed by atoms with Gasteiger partial charge in [-0.25, -0.2) is 4.39 Å². The van der Waals surface area contributed by atoms with Gasteiger partial charge in [-0.3, -0.25) is 4.79 Å². The van der Waals surface area contributed by atoms with Crippen LogP contribution in [0.2, 0.25) is 0 Å². The molecule has 0 aliphatic rings. The smallest absolute Gasteiger partial charge is 0.251 e. The van der Waals surface area contributed by atoms with Gasteiger partial charge in [-0.1, -0.05) is 36.4 Å². The lowest BCUT2D eigenvalue weighted by Crippen LogP contribution is -2.39. The highest BCUT2D eigenvalue weighted by molar-refractivity contribution is 5.95. The summed E-state index contributed by atoms with van der Waals surface area (Å²) >= 11 is 0. The van der Waals surface area contributed by atoms with Crippen molar-refractivity contribution >= 4 is 16.8 Å². The van der Waals surface area contributed by atoms with Crippen LogP contribution in [0.15, 0.2) is 72.9 Å². The Kier molecular flexibility index (Phi) is 7.80. The number of ether oxygens (including phenoxy) is 2. The number of fused-ring (bicyclic) bond motifs is 1. The molecule has 0 saturated carbocycles. The van der Waals surface area contributed by atoms with Crippen molar-refractivity contribution in [2.45, 2.75) is 19.0 Å². The van der Waals surface area contributed by atoms with E-state index >= 15 is 0 Å². The molecule has 0 spiro atoms. The maximum Gasteiger partial charge on any atom is 0.251 e. The highest BCUT2D eigenvalue weighted by Crippen LogP contribution is 2.26. The van der Waals surface area contributed by atoms with E-state index in [0.717, 1.165) is 16.5 Å². The van der Waals surface area contributed by atoms with E-state index in [2.05, 4.69) is 22.1 Å². The largest absolute Gasteiger partial charge is 0.494 e. The number of amides is 1. The van der Waals surface area contributed by atoms with E-state index in [0.29, 0.717) is 36.3 Å². The van der Waals surface area contributed by atoms with Crippen molar-refractivity contribution in [3.8, 4) is 16.9 Å². The number of para-hydroxylation sites is 1. The second-order valence-corrected chi connectivity index (χ2v) is 8.34. The lowest BCUT2D eigenvalue weighted by molar-refractivity contribution is 0.0916. The third-order valence-electron chi connectivity index (χ3n) is 6.04. The number of aliphatic hydroxyl groups is 1. The second kappa shape index (κ2) is 11.2. The highest BCUT2D eigenvalue weighted by atomic mass is 19.1. The Morgan fingerprint density at radius 1 is 1.06 bits per heavy atom. The second-order valence-electron chi connectivity index (χ2n) is 8.34. The molecule has 1 atom stereocenters. The van der Waals surface area contributed by atoms with Crippen LogP contribution in [0.3, 0.4) is 0 Å². The summed E-state index contributed by atoms with van der Waals surface area (Å²) in [4.78, 5) is 13.0. The molecular weight excluding hydrogens is 447 g/mol. The molecule has 0 fully saturated rings. The van der Waals surface area contributed by atoms with Crippen LogP contribution in [0.1, 0.15) is 15.9 Å². The van der Waals surface area contributed by atoms with E-state index < -0.39 is 11.9 Å². The molecular formula is C28H29FN2O4. The molecule has 0 saturated heterocycles. The van der Waals surface area contributed by atoms with Crippen molar-refractivity contribution in [3.63, 3.8) is 0 Å². The average Bonchev–Trinajstić information content (AvgIpc) is 3.24. The van der Waals surface area contributed by atoms with E-state index in [1.54, 1.807) is 37.4 Å². The van der Waals surface area contributed by atoms with Gasteiger partial charge in [0.2, 0.25) is 0 Å².